The van der Waals surface area contributed by atoms with Gasteiger partial charge < -0.3 is 8.83 Å². The number of hydrogen-bond donors (Lipinski definition) is 1. The van der Waals surface area contributed by atoms with Crippen molar-refractivity contribution >= 4 is 83.3 Å². The number of hydrogen-bond acceptors (Lipinski definition) is 4. The highest BCUT2D eigenvalue weighted by Gasteiger charge is 2.18. The minimum absolute atomic E-state index is 0.0858. The largest absolute Gasteiger partial charge is 0.456 e. The van der Waals surface area contributed by atoms with Crippen LogP contribution in [0.15, 0.2) is 201 Å². The molecule has 0 aliphatic heterocycles. The molecule has 0 atom stereocenters. The van der Waals surface area contributed by atoms with E-state index in [0.717, 1.165) is 93.2 Å². The Kier molecular flexibility index (Phi) is 8.25. The molecule has 0 radical (unpaired) electrons. The van der Waals surface area contributed by atoms with E-state index < -0.39 is 0 Å². The third-order valence-corrected chi connectivity index (χ3v) is 11.2. The van der Waals surface area contributed by atoms with Crippen LogP contribution in [0.2, 0.25) is 0 Å². The van der Waals surface area contributed by atoms with Crippen molar-refractivity contribution in [3.05, 3.63) is 204 Å². The van der Waals surface area contributed by atoms with Gasteiger partial charge in [0.05, 0.1) is 11.6 Å². The summed E-state index contributed by atoms with van der Waals surface area (Å²) in [5, 5.41) is 26.8. The van der Waals surface area contributed by atoms with E-state index in [0.29, 0.717) is 22.5 Å². The van der Waals surface area contributed by atoms with Crippen molar-refractivity contribution in [2.24, 2.45) is 9.98 Å². The van der Waals surface area contributed by atoms with Gasteiger partial charge >= 0.3 is 0 Å². The second-order valence-corrected chi connectivity index (χ2v) is 14.9. The molecule has 280 valence electrons. The summed E-state index contributed by atoms with van der Waals surface area (Å²) in [6.45, 7) is 0. The molecule has 0 saturated heterocycles. The van der Waals surface area contributed by atoms with Gasteiger partial charge in [0.1, 0.15) is 22.3 Å². The van der Waals surface area contributed by atoms with Gasteiger partial charge in [0.2, 0.25) is 0 Å². The molecular weight excluding hydrogens is 737 g/mol. The van der Waals surface area contributed by atoms with Crippen LogP contribution in [0.5, 0.6) is 0 Å². The summed E-state index contributed by atoms with van der Waals surface area (Å²) < 4.78 is 12.8. The van der Waals surface area contributed by atoms with Gasteiger partial charge in [0, 0.05) is 44.3 Å². The van der Waals surface area contributed by atoms with E-state index in [9.17, 15) is 5.26 Å². The van der Waals surface area contributed by atoms with Crippen LogP contribution in [0.25, 0.3) is 87.7 Å². The summed E-state index contributed by atoms with van der Waals surface area (Å²) in [4.78, 5) is 9.69. The number of fused-ring (bicyclic) bond motifs is 11. The van der Waals surface area contributed by atoms with E-state index in [1.807, 2.05) is 115 Å². The first-order valence-electron chi connectivity index (χ1n) is 19.7. The molecule has 11 aromatic rings. The maximum atomic E-state index is 9.29. The molecule has 60 heavy (non-hydrogen) atoms. The number of amidine groups is 2. The van der Waals surface area contributed by atoms with E-state index in [1.54, 1.807) is 0 Å². The van der Waals surface area contributed by atoms with Crippen LogP contribution in [-0.2, 0) is 0 Å². The summed E-state index contributed by atoms with van der Waals surface area (Å²) in [5.74, 6) is 0.510. The highest BCUT2D eigenvalue weighted by atomic mass is 16.3. The molecule has 0 unspecified atom stereocenters. The van der Waals surface area contributed by atoms with Crippen molar-refractivity contribution in [1.29, 1.82) is 10.7 Å². The average molecular weight is 769 g/mol. The minimum Gasteiger partial charge on any atom is -0.456 e. The van der Waals surface area contributed by atoms with Crippen LogP contribution in [0.4, 0.5) is 0 Å². The first-order valence-corrected chi connectivity index (χ1v) is 19.7. The summed E-state index contributed by atoms with van der Waals surface area (Å²) in [7, 11) is 0. The number of aliphatic imine (C=N–C) groups is 2. The highest BCUT2D eigenvalue weighted by Crippen LogP contribution is 2.42. The molecule has 6 nitrogen and oxygen atoms in total. The summed E-state index contributed by atoms with van der Waals surface area (Å²) in [5.41, 5.74) is 10.5. The predicted molar refractivity (Wildman–Crippen MR) is 245 cm³/mol. The predicted octanol–water partition coefficient (Wildman–Crippen LogP) is 13.9. The van der Waals surface area contributed by atoms with Gasteiger partial charge in [-0.25, -0.2) is 9.98 Å². The van der Waals surface area contributed by atoms with Crippen molar-refractivity contribution in [3.63, 3.8) is 0 Å². The fraction of sp³-hybridized carbons (Fsp3) is 0. The lowest BCUT2D eigenvalue weighted by Gasteiger charge is -2.11. The van der Waals surface area contributed by atoms with Gasteiger partial charge in [-0.3, -0.25) is 5.41 Å². The van der Waals surface area contributed by atoms with Crippen molar-refractivity contribution in [3.8, 4) is 28.3 Å². The molecule has 0 amide bonds. The summed E-state index contributed by atoms with van der Waals surface area (Å²) in [6.07, 6.45) is 1.81. The molecule has 0 bridgehead atoms. The summed E-state index contributed by atoms with van der Waals surface area (Å²) in [6, 6.07) is 63.1. The van der Waals surface area contributed by atoms with Crippen LogP contribution >= 0.6 is 0 Å². The van der Waals surface area contributed by atoms with Gasteiger partial charge in [0.25, 0.3) is 0 Å². The highest BCUT2D eigenvalue weighted by molar-refractivity contribution is 6.31. The monoisotopic (exact) mass is 768 g/mol. The lowest BCUT2D eigenvalue weighted by atomic mass is 9.92. The van der Waals surface area contributed by atoms with E-state index >= 15 is 0 Å². The molecule has 11 rings (SSSR count). The second kappa shape index (κ2) is 14.2. The standard InChI is InChI=1S/C54H32N4O2/c55-31-33-17-20-35(21-18-33)37-11-8-12-38(28-37)39-22-25-41-42-24-19-34(27-47(42)52-51(46(41)29-39)45-14-5-7-16-49(45)60-52)32-57-54(36-9-2-1-3-10-36)58-53(56)40-23-26-44-43-13-4-6-15-48(43)59-50(44)30-40/h1-30,32,56H. The molecule has 0 spiro atoms. The zero-order valence-corrected chi connectivity index (χ0v) is 32.1. The third-order valence-electron chi connectivity index (χ3n) is 11.2. The molecule has 0 aliphatic rings. The Morgan fingerprint density at radius 2 is 1.13 bits per heavy atom. The molecule has 1 N–H and O–H groups in total. The molecule has 0 aliphatic carbocycles. The second-order valence-electron chi connectivity index (χ2n) is 14.9. The van der Waals surface area contributed by atoms with Gasteiger partial charge in [-0.2, -0.15) is 5.26 Å². The Morgan fingerprint density at radius 3 is 1.95 bits per heavy atom. The number of nitrogens with one attached hydrogen (secondary N) is 1. The van der Waals surface area contributed by atoms with Crippen molar-refractivity contribution in [2.45, 2.75) is 0 Å². The molecule has 0 saturated carbocycles. The Bertz CT molecular complexity index is 3620. The third kappa shape index (κ3) is 6.01. The average Bonchev–Trinajstić information content (AvgIpc) is 3.89. The van der Waals surface area contributed by atoms with Crippen LogP contribution in [0.1, 0.15) is 22.3 Å². The maximum absolute atomic E-state index is 9.29. The number of benzene rings is 9. The number of para-hydroxylation sites is 2. The van der Waals surface area contributed by atoms with E-state index in [-0.39, 0.29) is 5.84 Å². The zero-order valence-electron chi connectivity index (χ0n) is 32.1. The lowest BCUT2D eigenvalue weighted by Crippen LogP contribution is -2.04. The fourth-order valence-corrected chi connectivity index (χ4v) is 8.28. The SMILES string of the molecule is N#Cc1ccc(-c2cccc(-c3ccc4c5ccc(C=NC(=NC(=N)c6ccc7c(c6)oc6ccccc67)c6ccccc6)cc5c5oc6ccccc6c5c4c3)c2)cc1. The van der Waals surface area contributed by atoms with E-state index in [4.69, 9.17) is 24.2 Å². The topological polar surface area (TPSA) is 98.6 Å². The summed E-state index contributed by atoms with van der Waals surface area (Å²) >= 11 is 0. The lowest BCUT2D eigenvalue weighted by molar-refractivity contribution is 0.669. The molecule has 6 heteroatoms. The van der Waals surface area contributed by atoms with Crippen LogP contribution < -0.4 is 0 Å². The Labute approximate surface area is 344 Å². The van der Waals surface area contributed by atoms with Crippen molar-refractivity contribution in [2.75, 3.05) is 0 Å². The number of nitriles is 1. The molecule has 2 heterocycles. The number of furan rings is 2. The Hall–Kier alpha value is -8.40. The first kappa shape index (κ1) is 34.8. The van der Waals surface area contributed by atoms with Gasteiger partial charge in [-0.05, 0) is 98.6 Å². The number of nitrogens with zero attached hydrogens (tertiary/aromatic N) is 3. The molecular formula is C54H32N4O2. The van der Waals surface area contributed by atoms with Crippen LogP contribution in [0.3, 0.4) is 0 Å². The first-order chi connectivity index (χ1) is 29.6. The van der Waals surface area contributed by atoms with E-state index in [2.05, 4.69) is 78.9 Å². The number of rotatable bonds is 5. The van der Waals surface area contributed by atoms with E-state index in [1.165, 1.54) is 0 Å². The van der Waals surface area contributed by atoms with Crippen LogP contribution in [0, 0.1) is 16.7 Å². The van der Waals surface area contributed by atoms with Gasteiger partial charge in [0.15, 0.2) is 11.7 Å². The van der Waals surface area contributed by atoms with Gasteiger partial charge in [-0.15, -0.1) is 0 Å². The van der Waals surface area contributed by atoms with Crippen LogP contribution in [-0.4, -0.2) is 17.9 Å². The Morgan fingerprint density at radius 1 is 0.483 bits per heavy atom. The van der Waals surface area contributed by atoms with Gasteiger partial charge in [-0.1, -0.05) is 127 Å². The molecule has 2 aromatic heterocycles. The normalized spacial score (nSPS) is 12.1. The fourth-order valence-electron chi connectivity index (χ4n) is 8.28. The molecule has 0 fully saturated rings. The smallest absolute Gasteiger partial charge is 0.161 e. The van der Waals surface area contributed by atoms with Crippen molar-refractivity contribution in [1.82, 2.24) is 0 Å². The quantitative estimate of drug-likeness (QED) is 0.107. The molecule has 9 aromatic carbocycles. The van der Waals surface area contributed by atoms with Crippen molar-refractivity contribution < 1.29 is 8.83 Å². The zero-order chi connectivity index (χ0) is 40.2. The Balaban J connectivity index is 1.00. The minimum atomic E-state index is 0.0858. The maximum Gasteiger partial charge on any atom is 0.161 e.